The summed E-state index contributed by atoms with van der Waals surface area (Å²) in [6.45, 7) is 5.73. The van der Waals surface area contributed by atoms with Gasteiger partial charge in [0.25, 0.3) is 0 Å². The van der Waals surface area contributed by atoms with Crippen molar-refractivity contribution in [3.63, 3.8) is 0 Å². The molecule has 0 saturated heterocycles. The quantitative estimate of drug-likeness (QED) is 0.723. The lowest BCUT2D eigenvalue weighted by atomic mass is 9.91. The summed E-state index contributed by atoms with van der Waals surface area (Å²) in [6.07, 6.45) is 3.52. The molecule has 1 aliphatic carbocycles. The number of esters is 1. The zero-order valence-electron chi connectivity index (χ0n) is 11.5. The molecule has 0 bridgehead atoms. The van der Waals surface area contributed by atoms with E-state index in [0.717, 1.165) is 25.7 Å². The highest BCUT2D eigenvalue weighted by Crippen LogP contribution is 2.30. The molecule has 0 N–H and O–H groups in total. The fraction of sp³-hybridized carbons (Fsp3) is 0.923. The van der Waals surface area contributed by atoms with Crippen molar-refractivity contribution < 1.29 is 17.9 Å². The average Bonchev–Trinajstić information content (AvgIpc) is 2.29. The number of carbonyl (C=O) groups is 1. The van der Waals surface area contributed by atoms with Crippen LogP contribution < -0.4 is 0 Å². The van der Waals surface area contributed by atoms with Gasteiger partial charge in [-0.2, -0.15) is 0 Å². The summed E-state index contributed by atoms with van der Waals surface area (Å²) in [5.41, 5.74) is 0. The first-order valence-electron chi connectivity index (χ1n) is 6.76. The van der Waals surface area contributed by atoms with Crippen LogP contribution in [0.5, 0.6) is 0 Å². The Balaban J connectivity index is 2.64. The van der Waals surface area contributed by atoms with Crippen LogP contribution in [-0.4, -0.2) is 31.5 Å². The van der Waals surface area contributed by atoms with Crippen molar-refractivity contribution in [1.29, 1.82) is 0 Å². The Morgan fingerprint density at radius 2 is 2.06 bits per heavy atom. The summed E-state index contributed by atoms with van der Waals surface area (Å²) >= 11 is 0. The third-order valence-electron chi connectivity index (χ3n) is 3.67. The van der Waals surface area contributed by atoms with Crippen LogP contribution in [0.3, 0.4) is 0 Å². The van der Waals surface area contributed by atoms with E-state index >= 15 is 0 Å². The molecule has 0 aromatic rings. The summed E-state index contributed by atoms with van der Waals surface area (Å²) in [6, 6.07) is 0. The van der Waals surface area contributed by atoms with Crippen molar-refractivity contribution in [3.8, 4) is 0 Å². The van der Waals surface area contributed by atoms with E-state index in [4.69, 9.17) is 4.74 Å². The first kappa shape index (κ1) is 15.5. The molecule has 1 saturated carbocycles. The zero-order chi connectivity index (χ0) is 13.8. The van der Waals surface area contributed by atoms with Gasteiger partial charge < -0.3 is 4.74 Å². The van der Waals surface area contributed by atoms with E-state index < -0.39 is 21.1 Å². The van der Waals surface area contributed by atoms with Gasteiger partial charge in [-0.15, -0.1) is 0 Å². The Labute approximate surface area is 110 Å². The highest BCUT2D eigenvalue weighted by molar-refractivity contribution is 7.92. The van der Waals surface area contributed by atoms with Crippen LogP contribution in [0.15, 0.2) is 0 Å². The first-order chi connectivity index (χ1) is 8.37. The number of rotatable bonds is 5. The van der Waals surface area contributed by atoms with E-state index in [0.29, 0.717) is 12.5 Å². The van der Waals surface area contributed by atoms with Gasteiger partial charge in [-0.1, -0.05) is 19.8 Å². The molecule has 3 atom stereocenters. The monoisotopic (exact) mass is 276 g/mol. The fourth-order valence-corrected chi connectivity index (χ4v) is 4.69. The van der Waals surface area contributed by atoms with E-state index in [-0.39, 0.29) is 11.7 Å². The van der Waals surface area contributed by atoms with Crippen LogP contribution in [-0.2, 0) is 19.4 Å². The van der Waals surface area contributed by atoms with Gasteiger partial charge in [0.2, 0.25) is 0 Å². The molecule has 18 heavy (non-hydrogen) atoms. The lowest BCUT2D eigenvalue weighted by molar-refractivity contribution is -0.143. The first-order valence-corrected chi connectivity index (χ1v) is 8.37. The number of hydrogen-bond acceptors (Lipinski definition) is 4. The maximum atomic E-state index is 12.4. The van der Waals surface area contributed by atoms with Gasteiger partial charge in [-0.25, -0.2) is 8.42 Å². The smallest absolute Gasteiger partial charge is 0.307 e. The van der Waals surface area contributed by atoms with Crippen LogP contribution in [0.1, 0.15) is 52.9 Å². The van der Waals surface area contributed by atoms with E-state index in [1.54, 1.807) is 13.8 Å². The minimum atomic E-state index is -3.21. The molecule has 0 aromatic heterocycles. The molecule has 1 aliphatic rings. The molecule has 0 aliphatic heterocycles. The average molecular weight is 276 g/mol. The fourth-order valence-electron chi connectivity index (χ4n) is 2.58. The standard InChI is InChI=1S/C13H24O4S/c1-4-17-13(14)9-11(3)18(15,16)12-7-5-6-10(2)8-12/h10-12H,4-9H2,1-3H3. The lowest BCUT2D eigenvalue weighted by Crippen LogP contribution is -2.35. The normalized spacial score (nSPS) is 26.6. The van der Waals surface area contributed by atoms with E-state index in [1.807, 2.05) is 0 Å². The molecule has 5 heteroatoms. The third-order valence-corrected chi connectivity index (χ3v) is 6.32. The van der Waals surface area contributed by atoms with Gasteiger partial charge in [0.1, 0.15) is 0 Å². The Morgan fingerprint density at radius 1 is 1.39 bits per heavy atom. The molecular formula is C13H24O4S. The van der Waals surface area contributed by atoms with Gasteiger partial charge >= 0.3 is 5.97 Å². The highest BCUT2D eigenvalue weighted by atomic mass is 32.2. The molecule has 106 valence electrons. The predicted octanol–water partition coefficient (Wildman–Crippen LogP) is 2.32. The minimum absolute atomic E-state index is 0.0267. The number of ether oxygens (including phenoxy) is 1. The largest absolute Gasteiger partial charge is 0.466 e. The Hall–Kier alpha value is -0.580. The minimum Gasteiger partial charge on any atom is -0.466 e. The zero-order valence-corrected chi connectivity index (χ0v) is 12.3. The SMILES string of the molecule is CCOC(=O)CC(C)S(=O)(=O)C1CCCC(C)C1. The van der Waals surface area contributed by atoms with Gasteiger partial charge in [0.05, 0.1) is 23.5 Å². The van der Waals surface area contributed by atoms with Crippen LogP contribution in [0.2, 0.25) is 0 Å². The second kappa shape index (κ2) is 6.55. The molecule has 0 aromatic carbocycles. The molecule has 3 unspecified atom stereocenters. The number of sulfone groups is 1. The molecule has 0 amide bonds. The molecule has 1 rings (SSSR count). The Bertz CT molecular complexity index is 374. The van der Waals surface area contributed by atoms with Crippen molar-refractivity contribution in [2.24, 2.45) is 5.92 Å². The van der Waals surface area contributed by atoms with Crippen LogP contribution in [0.25, 0.3) is 0 Å². The molecule has 0 radical (unpaired) electrons. The van der Waals surface area contributed by atoms with Gasteiger partial charge in [-0.05, 0) is 32.6 Å². The molecule has 4 nitrogen and oxygen atoms in total. The number of carbonyl (C=O) groups excluding carboxylic acids is 1. The molecular weight excluding hydrogens is 252 g/mol. The van der Waals surface area contributed by atoms with E-state index in [9.17, 15) is 13.2 Å². The van der Waals surface area contributed by atoms with E-state index in [2.05, 4.69) is 6.92 Å². The topological polar surface area (TPSA) is 60.4 Å². The Morgan fingerprint density at radius 3 is 2.61 bits per heavy atom. The van der Waals surface area contributed by atoms with Gasteiger partial charge in [-0.3, -0.25) is 4.79 Å². The van der Waals surface area contributed by atoms with Gasteiger partial charge in [0.15, 0.2) is 9.84 Å². The van der Waals surface area contributed by atoms with Crippen molar-refractivity contribution >= 4 is 15.8 Å². The molecule has 0 heterocycles. The van der Waals surface area contributed by atoms with Crippen molar-refractivity contribution in [2.45, 2.75) is 63.4 Å². The van der Waals surface area contributed by atoms with Crippen LogP contribution in [0.4, 0.5) is 0 Å². The second-order valence-corrected chi connectivity index (χ2v) is 7.95. The Kier molecular flexibility index (Phi) is 5.63. The summed E-state index contributed by atoms with van der Waals surface area (Å²) in [5.74, 6) is 0.0470. The van der Waals surface area contributed by atoms with Crippen molar-refractivity contribution in [3.05, 3.63) is 0 Å². The summed E-state index contributed by atoms with van der Waals surface area (Å²) in [5, 5.41) is -0.905. The van der Waals surface area contributed by atoms with Crippen LogP contribution in [0, 0.1) is 5.92 Å². The van der Waals surface area contributed by atoms with Crippen molar-refractivity contribution in [1.82, 2.24) is 0 Å². The maximum absolute atomic E-state index is 12.4. The summed E-state index contributed by atoms with van der Waals surface area (Å²) in [4.78, 5) is 11.4. The second-order valence-electron chi connectivity index (χ2n) is 5.30. The predicted molar refractivity (Wildman–Crippen MR) is 71.1 cm³/mol. The van der Waals surface area contributed by atoms with Gasteiger partial charge in [0, 0.05) is 0 Å². The van der Waals surface area contributed by atoms with Crippen molar-refractivity contribution in [2.75, 3.05) is 6.61 Å². The van der Waals surface area contributed by atoms with E-state index in [1.165, 1.54) is 0 Å². The third kappa shape index (κ3) is 3.97. The highest BCUT2D eigenvalue weighted by Gasteiger charge is 2.35. The maximum Gasteiger partial charge on any atom is 0.307 e. The summed E-state index contributed by atoms with van der Waals surface area (Å²) < 4.78 is 29.5. The molecule has 0 spiro atoms. The molecule has 1 fully saturated rings. The van der Waals surface area contributed by atoms with Crippen LogP contribution >= 0.6 is 0 Å². The number of hydrogen-bond donors (Lipinski definition) is 0. The summed E-state index contributed by atoms with van der Waals surface area (Å²) in [7, 11) is -3.21. The lowest BCUT2D eigenvalue weighted by Gasteiger charge is -2.28.